The minimum Gasteiger partial charge on any atom is -0.455 e. The zero-order chi connectivity index (χ0) is 22.4. The lowest BCUT2D eigenvalue weighted by Crippen LogP contribution is -2.32. The molecule has 2 nitrogen and oxygen atoms in total. The summed E-state index contributed by atoms with van der Waals surface area (Å²) in [6.45, 7) is 11.2. The quantitative estimate of drug-likeness (QED) is 0.182. The average Bonchev–Trinajstić information content (AvgIpc) is 2.77. The molecule has 0 unspecified atom stereocenters. The van der Waals surface area contributed by atoms with E-state index in [1.165, 1.54) is 60.3 Å². The Balaban J connectivity index is 1.78. The molecule has 0 radical (unpaired) electrons. The topological polar surface area (TPSA) is 13.1 Å². The van der Waals surface area contributed by atoms with Crippen molar-refractivity contribution in [3.63, 3.8) is 0 Å². The second kappa shape index (κ2) is 6.32. The van der Waals surface area contributed by atoms with Crippen LogP contribution in [0.2, 0.25) is 0 Å². The number of nitrogens with zero attached hydrogens (tertiary/aromatic N) is 1. The molecule has 5 aromatic rings. The average molecular weight is 419 g/mol. The SMILES string of the molecule is Cc1c2c(c(C)c3ccccc13)-c1c3c(cc4cc(C(C)(C)C)ccc4c3cc[n+]1C)O2. The first-order valence-electron chi connectivity index (χ1n) is 11.4. The molecule has 0 fully saturated rings. The van der Waals surface area contributed by atoms with Crippen molar-refractivity contribution >= 4 is 32.3 Å². The molecule has 6 rings (SSSR count). The van der Waals surface area contributed by atoms with Gasteiger partial charge in [0.05, 0.1) is 10.9 Å². The Morgan fingerprint density at radius 2 is 1.50 bits per heavy atom. The molecule has 32 heavy (non-hydrogen) atoms. The van der Waals surface area contributed by atoms with Crippen molar-refractivity contribution in [2.45, 2.75) is 40.0 Å². The molecule has 0 saturated heterocycles. The highest BCUT2D eigenvalue weighted by Gasteiger charge is 2.32. The van der Waals surface area contributed by atoms with Crippen molar-refractivity contribution in [2.24, 2.45) is 7.05 Å². The highest BCUT2D eigenvalue weighted by atomic mass is 16.5. The standard InChI is InChI=1S/C30H28NO/c1-17-21-9-7-8-10-22(21)18(2)29-26(17)28-27-24(13-14-31(28)6)23-12-11-20(30(3,4)5)15-19(23)16-25(27)32-29/h7-16H,1-6H3/q+1. The van der Waals surface area contributed by atoms with E-state index < -0.39 is 0 Å². The third-order valence-corrected chi connectivity index (χ3v) is 7.19. The highest BCUT2D eigenvalue weighted by molar-refractivity contribution is 6.16. The van der Waals surface area contributed by atoms with Crippen LogP contribution in [-0.2, 0) is 12.5 Å². The van der Waals surface area contributed by atoms with E-state index in [9.17, 15) is 0 Å². The Kier molecular flexibility index (Phi) is 3.81. The first-order chi connectivity index (χ1) is 15.3. The van der Waals surface area contributed by atoms with E-state index in [1.54, 1.807) is 0 Å². The number of fused-ring (bicyclic) bond motifs is 5. The molecule has 0 aliphatic carbocycles. The van der Waals surface area contributed by atoms with Gasteiger partial charge in [0, 0.05) is 17.0 Å². The predicted octanol–water partition coefficient (Wildman–Crippen LogP) is 7.66. The lowest BCUT2D eigenvalue weighted by atomic mass is 9.84. The lowest BCUT2D eigenvalue weighted by molar-refractivity contribution is -0.659. The van der Waals surface area contributed by atoms with Crippen molar-refractivity contribution in [1.82, 2.24) is 0 Å². The Morgan fingerprint density at radius 1 is 0.781 bits per heavy atom. The van der Waals surface area contributed by atoms with Gasteiger partial charge in [-0.05, 0) is 58.0 Å². The summed E-state index contributed by atoms with van der Waals surface area (Å²) in [4.78, 5) is 0. The van der Waals surface area contributed by atoms with E-state index in [0.29, 0.717) is 0 Å². The number of ether oxygens (including phenoxy) is 1. The van der Waals surface area contributed by atoms with Crippen molar-refractivity contribution in [3.8, 4) is 22.8 Å². The molecule has 0 amide bonds. The number of aromatic nitrogens is 1. The maximum Gasteiger partial charge on any atom is 0.228 e. The number of pyridine rings is 1. The molecule has 4 aromatic carbocycles. The van der Waals surface area contributed by atoms with Crippen molar-refractivity contribution in [1.29, 1.82) is 0 Å². The molecule has 0 N–H and O–H groups in total. The Morgan fingerprint density at radius 3 is 2.22 bits per heavy atom. The fourth-order valence-corrected chi connectivity index (χ4v) is 5.39. The molecule has 2 heterocycles. The minimum atomic E-state index is 0.106. The molecule has 1 aliphatic rings. The smallest absolute Gasteiger partial charge is 0.228 e. The van der Waals surface area contributed by atoms with Crippen LogP contribution in [0.5, 0.6) is 11.5 Å². The van der Waals surface area contributed by atoms with E-state index >= 15 is 0 Å². The van der Waals surface area contributed by atoms with E-state index in [-0.39, 0.29) is 5.41 Å². The van der Waals surface area contributed by atoms with E-state index in [1.807, 2.05) is 0 Å². The predicted molar refractivity (Wildman–Crippen MR) is 134 cm³/mol. The Bertz CT molecular complexity index is 1600. The van der Waals surface area contributed by atoms with Gasteiger partial charge in [0.2, 0.25) is 5.69 Å². The summed E-state index contributed by atoms with van der Waals surface area (Å²) in [5, 5.41) is 7.53. The molecule has 0 bridgehead atoms. The molecule has 1 aromatic heterocycles. The van der Waals surface area contributed by atoms with Gasteiger partial charge in [-0.25, -0.2) is 4.57 Å². The van der Waals surface area contributed by atoms with Gasteiger partial charge in [-0.1, -0.05) is 63.2 Å². The Hall–Kier alpha value is -3.39. The van der Waals surface area contributed by atoms with Gasteiger partial charge >= 0.3 is 0 Å². The number of hydrogen-bond donors (Lipinski definition) is 0. The zero-order valence-corrected chi connectivity index (χ0v) is 19.6. The fraction of sp³-hybridized carbons (Fsp3) is 0.233. The lowest BCUT2D eigenvalue weighted by Gasteiger charge is -2.25. The van der Waals surface area contributed by atoms with Crippen molar-refractivity contribution in [3.05, 3.63) is 77.5 Å². The van der Waals surface area contributed by atoms with Crippen LogP contribution in [-0.4, -0.2) is 0 Å². The van der Waals surface area contributed by atoms with Crippen LogP contribution in [0, 0.1) is 13.8 Å². The van der Waals surface area contributed by atoms with Crippen molar-refractivity contribution in [2.75, 3.05) is 0 Å². The first kappa shape index (κ1) is 19.3. The number of rotatable bonds is 0. The molecule has 0 saturated carbocycles. The second-order valence-electron chi connectivity index (χ2n) is 10.2. The van der Waals surface area contributed by atoms with Crippen LogP contribution < -0.4 is 9.30 Å². The van der Waals surface area contributed by atoms with Crippen LogP contribution >= 0.6 is 0 Å². The van der Waals surface area contributed by atoms with E-state index in [2.05, 4.69) is 107 Å². The van der Waals surface area contributed by atoms with Crippen LogP contribution in [0.3, 0.4) is 0 Å². The summed E-state index contributed by atoms with van der Waals surface area (Å²) >= 11 is 0. The fourth-order valence-electron chi connectivity index (χ4n) is 5.39. The maximum absolute atomic E-state index is 6.74. The maximum atomic E-state index is 6.74. The molecule has 0 atom stereocenters. The van der Waals surface area contributed by atoms with Crippen molar-refractivity contribution < 1.29 is 9.30 Å². The molecule has 158 valence electrons. The Labute approximate surface area is 189 Å². The molecular weight excluding hydrogens is 390 g/mol. The van der Waals surface area contributed by atoms with Gasteiger partial charge < -0.3 is 4.74 Å². The van der Waals surface area contributed by atoms with E-state index in [0.717, 1.165) is 11.5 Å². The molecule has 0 spiro atoms. The zero-order valence-electron chi connectivity index (χ0n) is 19.6. The third-order valence-electron chi connectivity index (χ3n) is 7.19. The van der Waals surface area contributed by atoms with Gasteiger partial charge in [0.1, 0.15) is 18.5 Å². The molecule has 2 heteroatoms. The first-order valence-corrected chi connectivity index (χ1v) is 11.4. The third kappa shape index (κ3) is 2.50. The summed E-state index contributed by atoms with van der Waals surface area (Å²) in [7, 11) is 2.14. The monoisotopic (exact) mass is 418 g/mol. The highest BCUT2D eigenvalue weighted by Crippen LogP contribution is 2.51. The summed E-state index contributed by atoms with van der Waals surface area (Å²) < 4.78 is 9.00. The van der Waals surface area contributed by atoms with Crippen LogP contribution in [0.4, 0.5) is 0 Å². The largest absolute Gasteiger partial charge is 0.455 e. The molecular formula is C30H28NO+. The summed E-state index contributed by atoms with van der Waals surface area (Å²) in [5.74, 6) is 1.94. The number of hydrogen-bond acceptors (Lipinski definition) is 1. The summed E-state index contributed by atoms with van der Waals surface area (Å²) in [5.41, 5.74) is 6.38. The van der Waals surface area contributed by atoms with Gasteiger partial charge in [-0.15, -0.1) is 0 Å². The number of aryl methyl sites for hydroxylation is 3. The summed E-state index contributed by atoms with van der Waals surface area (Å²) in [6.07, 6.45) is 2.19. The van der Waals surface area contributed by atoms with Gasteiger partial charge in [0.15, 0.2) is 6.20 Å². The summed E-state index contributed by atoms with van der Waals surface area (Å²) in [6, 6.07) is 20.0. The van der Waals surface area contributed by atoms with E-state index in [4.69, 9.17) is 4.74 Å². The van der Waals surface area contributed by atoms with Gasteiger partial charge in [-0.3, -0.25) is 0 Å². The van der Waals surface area contributed by atoms with Gasteiger partial charge in [-0.2, -0.15) is 0 Å². The number of benzene rings is 4. The van der Waals surface area contributed by atoms with Gasteiger partial charge in [0.25, 0.3) is 0 Å². The normalized spacial score (nSPS) is 12.9. The second-order valence-corrected chi connectivity index (χ2v) is 10.2. The van der Waals surface area contributed by atoms with Crippen LogP contribution in [0.15, 0.2) is 60.8 Å². The van der Waals surface area contributed by atoms with Crippen LogP contribution in [0.25, 0.3) is 43.6 Å². The molecule has 1 aliphatic heterocycles. The van der Waals surface area contributed by atoms with Crippen LogP contribution in [0.1, 0.15) is 37.5 Å². The minimum absolute atomic E-state index is 0.106.